The second-order valence-electron chi connectivity index (χ2n) is 5.41. The highest BCUT2D eigenvalue weighted by Gasteiger charge is 2.15. The molecule has 0 saturated heterocycles. The number of nitrogens with zero attached hydrogens (tertiary/aromatic N) is 2. The second kappa shape index (κ2) is 8.73. The van der Waals surface area contributed by atoms with E-state index in [9.17, 15) is 4.79 Å². The lowest BCUT2D eigenvalue weighted by molar-refractivity contribution is 0.0958. The highest BCUT2D eigenvalue weighted by Crippen LogP contribution is 2.17. The Morgan fingerprint density at radius 1 is 1.41 bits per heavy atom. The Kier molecular flexibility index (Phi) is 6.64. The number of aliphatic imine (C=N–C) groups is 1. The van der Waals surface area contributed by atoms with Crippen molar-refractivity contribution in [1.29, 1.82) is 0 Å². The maximum absolute atomic E-state index is 12.0. The lowest BCUT2D eigenvalue weighted by atomic mass is 10.2. The zero-order valence-electron chi connectivity index (χ0n) is 13.3. The van der Waals surface area contributed by atoms with Crippen LogP contribution in [0.5, 0.6) is 0 Å². The molecule has 0 spiro atoms. The van der Waals surface area contributed by atoms with E-state index in [1.807, 2.05) is 6.92 Å². The monoisotopic (exact) mass is 323 g/mol. The second-order valence-corrected chi connectivity index (χ2v) is 6.26. The van der Waals surface area contributed by atoms with Gasteiger partial charge in [0, 0.05) is 19.1 Å². The summed E-state index contributed by atoms with van der Waals surface area (Å²) in [7, 11) is 0. The van der Waals surface area contributed by atoms with Gasteiger partial charge in [-0.15, -0.1) is 11.3 Å². The molecule has 1 aromatic heterocycles. The van der Waals surface area contributed by atoms with Gasteiger partial charge in [-0.1, -0.05) is 12.8 Å². The van der Waals surface area contributed by atoms with Crippen molar-refractivity contribution in [1.82, 2.24) is 20.9 Å². The van der Waals surface area contributed by atoms with Crippen LogP contribution in [0.4, 0.5) is 0 Å². The van der Waals surface area contributed by atoms with Crippen LogP contribution >= 0.6 is 11.3 Å². The fraction of sp³-hybridized carbons (Fsp3) is 0.667. The highest BCUT2D eigenvalue weighted by molar-refractivity contribution is 7.11. The predicted molar refractivity (Wildman–Crippen MR) is 90.6 cm³/mol. The largest absolute Gasteiger partial charge is 0.357 e. The molecule has 1 aliphatic carbocycles. The van der Waals surface area contributed by atoms with Crippen molar-refractivity contribution in [2.24, 2.45) is 4.99 Å². The first-order valence-electron chi connectivity index (χ1n) is 7.93. The number of rotatable bonds is 6. The zero-order chi connectivity index (χ0) is 15.8. The van der Waals surface area contributed by atoms with Crippen LogP contribution < -0.4 is 16.0 Å². The van der Waals surface area contributed by atoms with Crippen LogP contribution in [0.25, 0.3) is 0 Å². The molecular formula is C15H25N5OS. The summed E-state index contributed by atoms with van der Waals surface area (Å²) in [6.07, 6.45) is 5.01. The van der Waals surface area contributed by atoms with E-state index in [2.05, 4.69) is 32.9 Å². The van der Waals surface area contributed by atoms with Gasteiger partial charge in [-0.2, -0.15) is 0 Å². The molecule has 122 valence electrons. The number of guanidine groups is 1. The smallest absolute Gasteiger partial charge is 0.263 e. The fourth-order valence-corrected chi connectivity index (χ4v) is 3.24. The van der Waals surface area contributed by atoms with Crippen molar-refractivity contribution >= 4 is 23.2 Å². The van der Waals surface area contributed by atoms with Crippen LogP contribution in [0.3, 0.4) is 0 Å². The minimum absolute atomic E-state index is 0.0658. The maximum atomic E-state index is 12.0. The lowest BCUT2D eigenvalue weighted by Crippen LogP contribution is -2.42. The Labute approximate surface area is 135 Å². The summed E-state index contributed by atoms with van der Waals surface area (Å²) >= 11 is 1.37. The number of amides is 1. The minimum atomic E-state index is -0.0658. The Hall–Kier alpha value is -1.63. The average Bonchev–Trinajstić information content (AvgIpc) is 3.15. The average molecular weight is 323 g/mol. The first kappa shape index (κ1) is 16.7. The minimum Gasteiger partial charge on any atom is -0.357 e. The molecule has 3 N–H and O–H groups in total. The number of hydrogen-bond acceptors (Lipinski definition) is 4. The Morgan fingerprint density at radius 2 is 2.18 bits per heavy atom. The summed E-state index contributed by atoms with van der Waals surface area (Å²) in [4.78, 5) is 21.2. The normalized spacial score (nSPS) is 15.8. The van der Waals surface area contributed by atoms with Gasteiger partial charge in [-0.3, -0.25) is 9.79 Å². The van der Waals surface area contributed by atoms with Crippen molar-refractivity contribution in [2.45, 2.75) is 45.6 Å². The van der Waals surface area contributed by atoms with Gasteiger partial charge < -0.3 is 16.0 Å². The summed E-state index contributed by atoms with van der Waals surface area (Å²) in [5.74, 6) is 0.779. The summed E-state index contributed by atoms with van der Waals surface area (Å²) in [5, 5.41) is 9.60. The van der Waals surface area contributed by atoms with Gasteiger partial charge in [-0.25, -0.2) is 4.98 Å². The van der Waals surface area contributed by atoms with Gasteiger partial charge in [0.2, 0.25) is 0 Å². The maximum Gasteiger partial charge on any atom is 0.263 e. The predicted octanol–water partition coefficient (Wildman–Crippen LogP) is 1.68. The molecule has 0 aromatic carbocycles. The topological polar surface area (TPSA) is 78.4 Å². The number of aryl methyl sites for hydroxylation is 1. The summed E-state index contributed by atoms with van der Waals surface area (Å²) in [5.41, 5.74) is 2.47. The van der Waals surface area contributed by atoms with Gasteiger partial charge in [0.1, 0.15) is 4.88 Å². The Bertz CT molecular complexity index is 508. The standard InChI is InChI=1S/C15H25N5OS/c1-3-16-15(20-12-6-4-5-7-12)18-9-8-17-14(21)13-11(2)19-10-22-13/h10,12H,3-9H2,1-2H3,(H,17,21)(H2,16,18,20). The molecule has 6 nitrogen and oxygen atoms in total. The molecule has 0 bridgehead atoms. The SMILES string of the molecule is CCNC(=NCCNC(=O)c1scnc1C)NC1CCCC1. The van der Waals surface area contributed by atoms with Gasteiger partial charge >= 0.3 is 0 Å². The highest BCUT2D eigenvalue weighted by atomic mass is 32.1. The fourth-order valence-electron chi connectivity index (χ4n) is 2.52. The van der Waals surface area contributed by atoms with Crippen LogP contribution in [-0.4, -0.2) is 42.5 Å². The number of carbonyl (C=O) groups is 1. The number of thiazole rings is 1. The first-order chi connectivity index (χ1) is 10.7. The third kappa shape index (κ3) is 4.98. The summed E-state index contributed by atoms with van der Waals surface area (Å²) < 4.78 is 0. The van der Waals surface area contributed by atoms with Gasteiger partial charge in [0.15, 0.2) is 5.96 Å². The van der Waals surface area contributed by atoms with Crippen LogP contribution in [0.15, 0.2) is 10.5 Å². The van der Waals surface area contributed by atoms with Crippen molar-refractivity contribution in [2.75, 3.05) is 19.6 Å². The van der Waals surface area contributed by atoms with Crippen molar-refractivity contribution < 1.29 is 4.79 Å². The van der Waals surface area contributed by atoms with Crippen LogP contribution in [0.1, 0.15) is 48.0 Å². The molecule has 0 atom stereocenters. The van der Waals surface area contributed by atoms with E-state index in [1.54, 1.807) is 5.51 Å². The Morgan fingerprint density at radius 3 is 2.82 bits per heavy atom. The molecule has 0 radical (unpaired) electrons. The summed E-state index contributed by atoms with van der Waals surface area (Å²) in [6.45, 7) is 5.83. The number of hydrogen-bond donors (Lipinski definition) is 3. The number of carbonyl (C=O) groups excluding carboxylic acids is 1. The molecule has 1 fully saturated rings. The molecule has 0 unspecified atom stereocenters. The van der Waals surface area contributed by atoms with Crippen molar-refractivity contribution in [3.8, 4) is 0 Å². The van der Waals surface area contributed by atoms with Gasteiger partial charge in [0.05, 0.1) is 17.7 Å². The first-order valence-corrected chi connectivity index (χ1v) is 8.81. The van der Waals surface area contributed by atoms with E-state index < -0.39 is 0 Å². The van der Waals surface area contributed by atoms with E-state index in [1.165, 1.54) is 37.0 Å². The zero-order valence-corrected chi connectivity index (χ0v) is 14.1. The number of aromatic nitrogens is 1. The summed E-state index contributed by atoms with van der Waals surface area (Å²) in [6, 6.07) is 0.534. The third-order valence-electron chi connectivity index (χ3n) is 3.66. The lowest BCUT2D eigenvalue weighted by Gasteiger charge is -2.16. The Balaban J connectivity index is 1.75. The molecule has 1 heterocycles. The quantitative estimate of drug-likeness (QED) is 0.423. The molecule has 22 heavy (non-hydrogen) atoms. The van der Waals surface area contributed by atoms with Crippen LogP contribution in [0, 0.1) is 6.92 Å². The molecule has 2 rings (SSSR count). The van der Waals surface area contributed by atoms with E-state index in [4.69, 9.17) is 0 Å². The molecule has 1 aliphatic rings. The van der Waals surface area contributed by atoms with E-state index in [0.717, 1.165) is 18.2 Å². The molecule has 1 saturated carbocycles. The van der Waals surface area contributed by atoms with Crippen molar-refractivity contribution in [3.63, 3.8) is 0 Å². The van der Waals surface area contributed by atoms with Crippen LogP contribution in [-0.2, 0) is 0 Å². The van der Waals surface area contributed by atoms with Crippen LogP contribution in [0.2, 0.25) is 0 Å². The van der Waals surface area contributed by atoms with Crippen molar-refractivity contribution in [3.05, 3.63) is 16.1 Å². The van der Waals surface area contributed by atoms with E-state index in [-0.39, 0.29) is 5.91 Å². The van der Waals surface area contributed by atoms with Gasteiger partial charge in [-0.05, 0) is 26.7 Å². The third-order valence-corrected chi connectivity index (χ3v) is 4.59. The molecule has 1 amide bonds. The van der Waals surface area contributed by atoms with Gasteiger partial charge in [0.25, 0.3) is 5.91 Å². The van der Waals surface area contributed by atoms with E-state index in [0.29, 0.717) is 24.0 Å². The molecule has 1 aromatic rings. The number of nitrogens with one attached hydrogen (secondary N) is 3. The molecule has 7 heteroatoms. The molecule has 0 aliphatic heterocycles. The molecular weight excluding hydrogens is 298 g/mol. The van der Waals surface area contributed by atoms with E-state index >= 15 is 0 Å².